The van der Waals surface area contributed by atoms with Crippen molar-refractivity contribution in [2.24, 2.45) is 5.73 Å². The van der Waals surface area contributed by atoms with Gasteiger partial charge in [-0.2, -0.15) is 0 Å². The summed E-state index contributed by atoms with van der Waals surface area (Å²) in [7, 11) is 0. The minimum atomic E-state index is 0.405. The molecule has 1 fully saturated rings. The fraction of sp³-hybridized carbons (Fsp3) is 0.545. The van der Waals surface area contributed by atoms with E-state index in [1.165, 1.54) is 5.56 Å². The number of likely N-dealkylation sites (tertiary alicyclic amines) is 1. The molecule has 4 heteroatoms. The van der Waals surface area contributed by atoms with Gasteiger partial charge in [0.1, 0.15) is 0 Å². The lowest BCUT2D eigenvalue weighted by atomic mass is 10.1. The average Bonchev–Trinajstić information content (AvgIpc) is 2.22. The molecule has 1 aliphatic rings. The molecule has 0 aliphatic carbocycles. The molecule has 0 unspecified atom stereocenters. The molecule has 3 nitrogen and oxygen atoms in total. The van der Waals surface area contributed by atoms with E-state index in [9.17, 15) is 0 Å². The number of nitrogens with zero attached hydrogens (tertiary/aromatic N) is 2. The van der Waals surface area contributed by atoms with Crippen LogP contribution in [0.2, 0.25) is 0 Å². The van der Waals surface area contributed by atoms with Gasteiger partial charge in [0.05, 0.1) is 0 Å². The van der Waals surface area contributed by atoms with Crippen LogP contribution in [0.5, 0.6) is 0 Å². The maximum Gasteiger partial charge on any atom is 0.0410 e. The Kier molecular flexibility index (Phi) is 3.72. The van der Waals surface area contributed by atoms with Crippen LogP contribution in [0, 0.1) is 0 Å². The van der Waals surface area contributed by atoms with E-state index in [1.54, 1.807) is 0 Å². The summed E-state index contributed by atoms with van der Waals surface area (Å²) in [5.41, 5.74) is 7.13. The van der Waals surface area contributed by atoms with Crippen LogP contribution in [0.1, 0.15) is 18.4 Å². The second kappa shape index (κ2) is 5.05. The zero-order valence-corrected chi connectivity index (χ0v) is 10.3. The van der Waals surface area contributed by atoms with Crippen molar-refractivity contribution in [2.75, 3.05) is 13.1 Å². The van der Waals surface area contributed by atoms with Crippen LogP contribution in [-0.2, 0) is 6.54 Å². The molecule has 1 saturated heterocycles. The Morgan fingerprint density at radius 3 is 2.80 bits per heavy atom. The Balaban J connectivity index is 1.92. The highest BCUT2D eigenvalue weighted by molar-refractivity contribution is 9.10. The first kappa shape index (κ1) is 11.0. The lowest BCUT2D eigenvalue weighted by Crippen LogP contribution is -2.39. The van der Waals surface area contributed by atoms with E-state index in [2.05, 4.69) is 31.9 Å². The first-order valence-corrected chi connectivity index (χ1v) is 6.11. The molecule has 1 aromatic rings. The standard InChI is InChI=1S/C11H16BrN3/c12-10-5-9(6-14-7-10)8-15-3-1-11(13)2-4-15/h5-7,11H,1-4,8,13H2. The normalized spacial score (nSPS) is 19.3. The molecule has 1 aromatic heterocycles. The Hall–Kier alpha value is -0.450. The minimum absolute atomic E-state index is 0.405. The molecule has 82 valence electrons. The lowest BCUT2D eigenvalue weighted by molar-refractivity contribution is 0.205. The van der Waals surface area contributed by atoms with Crippen LogP contribution in [0.25, 0.3) is 0 Å². The van der Waals surface area contributed by atoms with Gasteiger partial charge in [0.25, 0.3) is 0 Å². The average molecular weight is 270 g/mol. The number of hydrogen-bond acceptors (Lipinski definition) is 3. The number of pyridine rings is 1. The number of rotatable bonds is 2. The number of piperidine rings is 1. The van der Waals surface area contributed by atoms with Crippen molar-refractivity contribution < 1.29 is 0 Å². The van der Waals surface area contributed by atoms with E-state index in [4.69, 9.17) is 5.73 Å². The van der Waals surface area contributed by atoms with Crippen molar-refractivity contribution in [2.45, 2.75) is 25.4 Å². The van der Waals surface area contributed by atoms with Crippen LogP contribution in [0.3, 0.4) is 0 Å². The number of nitrogens with two attached hydrogens (primary N) is 1. The zero-order valence-electron chi connectivity index (χ0n) is 8.69. The van der Waals surface area contributed by atoms with E-state index in [0.29, 0.717) is 6.04 Å². The third-order valence-electron chi connectivity index (χ3n) is 2.80. The first-order chi connectivity index (χ1) is 7.24. The fourth-order valence-corrected chi connectivity index (χ4v) is 2.32. The van der Waals surface area contributed by atoms with E-state index >= 15 is 0 Å². The molecular formula is C11H16BrN3. The van der Waals surface area contributed by atoms with Crippen LogP contribution in [0.4, 0.5) is 0 Å². The van der Waals surface area contributed by atoms with Gasteiger partial charge < -0.3 is 5.73 Å². The highest BCUT2D eigenvalue weighted by atomic mass is 79.9. The summed E-state index contributed by atoms with van der Waals surface area (Å²) >= 11 is 3.44. The van der Waals surface area contributed by atoms with Crippen molar-refractivity contribution in [3.63, 3.8) is 0 Å². The van der Waals surface area contributed by atoms with Crippen LogP contribution >= 0.6 is 15.9 Å². The Morgan fingerprint density at radius 1 is 1.40 bits per heavy atom. The smallest absolute Gasteiger partial charge is 0.0410 e. The molecule has 2 heterocycles. The van der Waals surface area contributed by atoms with Gasteiger partial charge in [-0.15, -0.1) is 0 Å². The Labute approximate surface area is 98.8 Å². The Bertz CT molecular complexity index is 321. The Morgan fingerprint density at radius 2 is 2.13 bits per heavy atom. The van der Waals surface area contributed by atoms with Crippen LogP contribution in [-0.4, -0.2) is 29.0 Å². The minimum Gasteiger partial charge on any atom is -0.328 e. The van der Waals surface area contributed by atoms with Crippen molar-refractivity contribution >= 4 is 15.9 Å². The quantitative estimate of drug-likeness (QED) is 0.890. The summed E-state index contributed by atoms with van der Waals surface area (Å²) < 4.78 is 1.05. The summed E-state index contributed by atoms with van der Waals surface area (Å²) in [6.45, 7) is 3.19. The maximum atomic E-state index is 5.87. The fourth-order valence-electron chi connectivity index (χ4n) is 1.91. The largest absolute Gasteiger partial charge is 0.328 e. The van der Waals surface area contributed by atoms with E-state index in [1.807, 2.05) is 12.4 Å². The molecule has 2 rings (SSSR count). The highest BCUT2D eigenvalue weighted by Crippen LogP contribution is 2.14. The van der Waals surface area contributed by atoms with Crippen LogP contribution < -0.4 is 5.73 Å². The molecule has 0 spiro atoms. The third-order valence-corrected chi connectivity index (χ3v) is 3.23. The molecule has 15 heavy (non-hydrogen) atoms. The van der Waals surface area contributed by atoms with Crippen molar-refractivity contribution in [3.8, 4) is 0 Å². The van der Waals surface area contributed by atoms with Gasteiger partial charge in [-0.05, 0) is 53.5 Å². The van der Waals surface area contributed by atoms with Crippen molar-refractivity contribution in [1.82, 2.24) is 9.88 Å². The van der Waals surface area contributed by atoms with Crippen molar-refractivity contribution in [1.29, 1.82) is 0 Å². The molecular weight excluding hydrogens is 254 g/mol. The van der Waals surface area contributed by atoms with Crippen molar-refractivity contribution in [3.05, 3.63) is 28.5 Å². The third kappa shape index (κ3) is 3.26. The molecule has 0 atom stereocenters. The van der Waals surface area contributed by atoms with Gasteiger partial charge in [0.15, 0.2) is 0 Å². The van der Waals surface area contributed by atoms with Crippen LogP contribution in [0.15, 0.2) is 22.9 Å². The lowest BCUT2D eigenvalue weighted by Gasteiger charge is -2.29. The number of halogens is 1. The SMILES string of the molecule is NC1CCN(Cc2cncc(Br)c2)CC1. The van der Waals surface area contributed by atoms with Gasteiger partial charge in [-0.1, -0.05) is 0 Å². The zero-order chi connectivity index (χ0) is 10.7. The summed E-state index contributed by atoms with van der Waals surface area (Å²) in [5.74, 6) is 0. The predicted molar refractivity (Wildman–Crippen MR) is 64.4 cm³/mol. The summed E-state index contributed by atoms with van der Waals surface area (Å²) in [5, 5.41) is 0. The summed E-state index contributed by atoms with van der Waals surface area (Å²) in [4.78, 5) is 6.60. The highest BCUT2D eigenvalue weighted by Gasteiger charge is 2.15. The topological polar surface area (TPSA) is 42.1 Å². The van der Waals surface area contributed by atoms with Gasteiger partial charge in [0, 0.05) is 29.5 Å². The summed E-state index contributed by atoms with van der Waals surface area (Å²) in [6.07, 6.45) is 5.97. The molecule has 2 N–H and O–H groups in total. The van der Waals surface area contributed by atoms with Gasteiger partial charge in [-0.3, -0.25) is 9.88 Å². The van der Waals surface area contributed by atoms with Gasteiger partial charge >= 0.3 is 0 Å². The monoisotopic (exact) mass is 269 g/mol. The van der Waals surface area contributed by atoms with Gasteiger partial charge in [0.2, 0.25) is 0 Å². The molecule has 0 aromatic carbocycles. The molecule has 1 aliphatic heterocycles. The van der Waals surface area contributed by atoms with E-state index in [-0.39, 0.29) is 0 Å². The molecule has 0 saturated carbocycles. The second-order valence-electron chi connectivity index (χ2n) is 4.12. The molecule has 0 bridgehead atoms. The maximum absolute atomic E-state index is 5.87. The molecule has 0 radical (unpaired) electrons. The second-order valence-corrected chi connectivity index (χ2v) is 5.04. The molecule has 0 amide bonds. The van der Waals surface area contributed by atoms with E-state index in [0.717, 1.165) is 36.9 Å². The first-order valence-electron chi connectivity index (χ1n) is 5.31. The number of aromatic nitrogens is 1. The predicted octanol–water partition coefficient (Wildman–Crippen LogP) is 1.77. The summed E-state index contributed by atoms with van der Waals surface area (Å²) in [6, 6.07) is 2.53. The van der Waals surface area contributed by atoms with E-state index < -0.39 is 0 Å². The van der Waals surface area contributed by atoms with Gasteiger partial charge in [-0.25, -0.2) is 0 Å². The number of hydrogen-bond donors (Lipinski definition) is 1.